The molecular weight excluding hydrogens is 482 g/mol. The van der Waals surface area contributed by atoms with Gasteiger partial charge in [-0.1, -0.05) is 36.4 Å². The van der Waals surface area contributed by atoms with Gasteiger partial charge in [0.25, 0.3) is 11.5 Å². The van der Waals surface area contributed by atoms with Crippen molar-refractivity contribution in [3.8, 4) is 0 Å². The zero-order valence-electron chi connectivity index (χ0n) is 19.7. The van der Waals surface area contributed by atoms with Crippen molar-refractivity contribution in [2.45, 2.75) is 6.54 Å². The molecule has 186 valence electrons. The number of aryl methyl sites for hydroxylation is 1. The van der Waals surface area contributed by atoms with Crippen LogP contribution in [0, 0.1) is 0 Å². The first kappa shape index (κ1) is 23.6. The molecule has 5 rings (SSSR count). The Balaban J connectivity index is 1.30. The summed E-state index contributed by atoms with van der Waals surface area (Å²) in [6.45, 7) is -1.11. The third-order valence-corrected chi connectivity index (χ3v) is 6.11. The molecule has 4 aromatic rings. The molecule has 0 unspecified atom stereocenters. The minimum Gasteiger partial charge on any atom is -0.454 e. The van der Waals surface area contributed by atoms with Crippen LogP contribution in [0.4, 0.5) is 5.69 Å². The van der Waals surface area contributed by atoms with E-state index in [2.05, 4.69) is 10.3 Å². The minimum absolute atomic E-state index is 0.0328. The molecule has 1 amide bonds. The second-order valence-electron chi connectivity index (χ2n) is 8.39. The fourth-order valence-corrected chi connectivity index (χ4v) is 4.28. The van der Waals surface area contributed by atoms with E-state index >= 15 is 0 Å². The lowest BCUT2D eigenvalue weighted by Gasteiger charge is -2.20. The van der Waals surface area contributed by atoms with Crippen LogP contribution in [0.2, 0.25) is 0 Å². The van der Waals surface area contributed by atoms with Gasteiger partial charge in [-0.2, -0.15) is 0 Å². The van der Waals surface area contributed by atoms with Gasteiger partial charge < -0.3 is 14.6 Å². The second-order valence-corrected chi connectivity index (χ2v) is 8.39. The second kappa shape index (κ2) is 8.82. The molecule has 0 saturated carbocycles. The Morgan fingerprint density at radius 1 is 0.892 bits per heavy atom. The molecule has 0 aliphatic heterocycles. The molecule has 2 heterocycles. The average molecular weight is 501 g/mol. The molecule has 0 atom stereocenters. The number of ether oxygens (including phenoxy) is 1. The van der Waals surface area contributed by atoms with E-state index < -0.39 is 42.1 Å². The first-order valence-corrected chi connectivity index (χ1v) is 11.1. The van der Waals surface area contributed by atoms with Crippen molar-refractivity contribution < 1.29 is 23.9 Å². The number of anilines is 1. The third kappa shape index (κ3) is 3.84. The van der Waals surface area contributed by atoms with Crippen molar-refractivity contribution in [1.29, 1.82) is 0 Å². The summed E-state index contributed by atoms with van der Waals surface area (Å²) >= 11 is 0. The van der Waals surface area contributed by atoms with E-state index in [9.17, 15) is 28.8 Å². The number of amides is 1. The van der Waals surface area contributed by atoms with Crippen molar-refractivity contribution in [3.05, 3.63) is 91.9 Å². The summed E-state index contributed by atoms with van der Waals surface area (Å²) in [5, 5.41) is 2.53. The standard InChI is InChI=1S/C25H19N5O7/c1-28-23-20(24(35)29(2)25(28)36)30(12-26-23)10-18(32)37-11-17(31)27-16-9-5-8-15-19(16)22(34)14-7-4-3-6-13(14)21(15)33/h3-9,12H,10-11H2,1-2H3,(H,27,31). The number of imidazole rings is 1. The first-order valence-electron chi connectivity index (χ1n) is 11.1. The first-order chi connectivity index (χ1) is 17.7. The summed E-state index contributed by atoms with van der Waals surface area (Å²) in [4.78, 5) is 79.4. The zero-order chi connectivity index (χ0) is 26.4. The van der Waals surface area contributed by atoms with Crippen LogP contribution in [0.5, 0.6) is 0 Å². The summed E-state index contributed by atoms with van der Waals surface area (Å²) in [5.74, 6) is -2.29. The van der Waals surface area contributed by atoms with Crippen LogP contribution in [0.15, 0.2) is 58.4 Å². The normalized spacial score (nSPS) is 12.3. The molecule has 12 nitrogen and oxygen atoms in total. The van der Waals surface area contributed by atoms with Gasteiger partial charge in [-0.25, -0.2) is 9.78 Å². The molecule has 12 heteroatoms. The van der Waals surface area contributed by atoms with Gasteiger partial charge in [-0.3, -0.25) is 33.1 Å². The zero-order valence-corrected chi connectivity index (χ0v) is 19.7. The third-order valence-electron chi connectivity index (χ3n) is 6.11. The lowest BCUT2D eigenvalue weighted by atomic mass is 9.83. The van der Waals surface area contributed by atoms with Crippen molar-refractivity contribution in [1.82, 2.24) is 18.7 Å². The van der Waals surface area contributed by atoms with Crippen molar-refractivity contribution in [3.63, 3.8) is 0 Å². The molecule has 1 N–H and O–H groups in total. The van der Waals surface area contributed by atoms with Crippen LogP contribution < -0.4 is 16.6 Å². The number of ketones is 2. The summed E-state index contributed by atoms with van der Waals surface area (Å²) < 4.78 is 8.34. The van der Waals surface area contributed by atoms with E-state index in [1.54, 1.807) is 24.3 Å². The average Bonchev–Trinajstić information content (AvgIpc) is 3.31. The molecule has 0 bridgehead atoms. The van der Waals surface area contributed by atoms with Gasteiger partial charge in [0.05, 0.1) is 17.6 Å². The highest BCUT2D eigenvalue weighted by Crippen LogP contribution is 2.31. The number of benzene rings is 2. The Bertz CT molecular complexity index is 1780. The predicted octanol–water partition coefficient (Wildman–Crippen LogP) is 0.391. The van der Waals surface area contributed by atoms with Gasteiger partial charge in [-0.15, -0.1) is 0 Å². The van der Waals surface area contributed by atoms with E-state index in [1.807, 2.05) is 0 Å². The Labute approximate surface area is 207 Å². The number of aromatic nitrogens is 4. The summed E-state index contributed by atoms with van der Waals surface area (Å²) in [7, 11) is 2.76. The van der Waals surface area contributed by atoms with E-state index in [1.165, 1.54) is 47.8 Å². The van der Waals surface area contributed by atoms with Gasteiger partial charge >= 0.3 is 11.7 Å². The molecule has 1 aliphatic rings. The van der Waals surface area contributed by atoms with Gasteiger partial charge in [0.2, 0.25) is 0 Å². The van der Waals surface area contributed by atoms with E-state index in [-0.39, 0.29) is 39.3 Å². The molecule has 2 aromatic carbocycles. The van der Waals surface area contributed by atoms with E-state index in [0.29, 0.717) is 5.56 Å². The highest BCUT2D eigenvalue weighted by atomic mass is 16.5. The van der Waals surface area contributed by atoms with Crippen LogP contribution in [0.3, 0.4) is 0 Å². The van der Waals surface area contributed by atoms with Gasteiger partial charge in [0, 0.05) is 30.8 Å². The molecular formula is C25H19N5O7. The Morgan fingerprint density at radius 2 is 1.57 bits per heavy atom. The fourth-order valence-electron chi connectivity index (χ4n) is 4.28. The van der Waals surface area contributed by atoms with Crippen molar-refractivity contribution in [2.24, 2.45) is 14.1 Å². The van der Waals surface area contributed by atoms with Crippen LogP contribution >= 0.6 is 0 Å². The monoisotopic (exact) mass is 501 g/mol. The number of carbonyl (C=O) groups excluding carboxylic acids is 4. The van der Waals surface area contributed by atoms with Crippen molar-refractivity contribution >= 4 is 40.3 Å². The number of nitrogens with one attached hydrogen (secondary N) is 1. The summed E-state index contributed by atoms with van der Waals surface area (Å²) in [5.41, 5.74) is -0.165. The lowest BCUT2D eigenvalue weighted by molar-refractivity contribution is -0.147. The number of fused-ring (bicyclic) bond motifs is 3. The Morgan fingerprint density at radius 3 is 2.30 bits per heavy atom. The van der Waals surface area contributed by atoms with Crippen LogP contribution in [-0.4, -0.2) is 48.7 Å². The highest BCUT2D eigenvalue weighted by Gasteiger charge is 2.31. The van der Waals surface area contributed by atoms with Gasteiger partial charge in [0.15, 0.2) is 29.3 Å². The molecule has 2 aromatic heterocycles. The number of nitrogens with zero attached hydrogens (tertiary/aromatic N) is 4. The highest BCUT2D eigenvalue weighted by molar-refractivity contribution is 6.30. The largest absolute Gasteiger partial charge is 0.454 e. The molecule has 0 spiro atoms. The number of hydrogen-bond donors (Lipinski definition) is 1. The molecule has 0 saturated heterocycles. The summed E-state index contributed by atoms with van der Waals surface area (Å²) in [6.07, 6.45) is 1.23. The van der Waals surface area contributed by atoms with Crippen molar-refractivity contribution in [2.75, 3.05) is 11.9 Å². The Hall–Kier alpha value is -5.13. The van der Waals surface area contributed by atoms with Gasteiger partial charge in [0.1, 0.15) is 6.54 Å². The van der Waals surface area contributed by atoms with E-state index in [0.717, 1.165) is 4.57 Å². The van der Waals surface area contributed by atoms with Crippen LogP contribution in [0.1, 0.15) is 31.8 Å². The molecule has 37 heavy (non-hydrogen) atoms. The molecule has 1 aliphatic carbocycles. The smallest absolute Gasteiger partial charge is 0.332 e. The quantitative estimate of drug-likeness (QED) is 0.340. The van der Waals surface area contributed by atoms with E-state index in [4.69, 9.17) is 4.74 Å². The SMILES string of the molecule is Cn1c(=O)c2c(ncn2CC(=O)OCC(=O)Nc2cccc3c2C(=O)c2ccccc2C3=O)n(C)c1=O. The molecule has 0 fully saturated rings. The maximum absolute atomic E-state index is 13.1. The Kier molecular flexibility index (Phi) is 5.63. The predicted molar refractivity (Wildman–Crippen MR) is 130 cm³/mol. The topological polar surface area (TPSA) is 151 Å². The number of carbonyl (C=O) groups is 4. The van der Waals surface area contributed by atoms with Gasteiger partial charge in [-0.05, 0) is 6.07 Å². The number of hydrogen-bond acceptors (Lipinski definition) is 8. The van der Waals surface area contributed by atoms with Crippen LogP contribution in [0.25, 0.3) is 11.2 Å². The maximum Gasteiger partial charge on any atom is 0.332 e. The van der Waals surface area contributed by atoms with Crippen LogP contribution in [-0.2, 0) is 35.0 Å². The number of esters is 1. The fraction of sp³-hybridized carbons (Fsp3) is 0.160. The summed E-state index contributed by atoms with van der Waals surface area (Å²) in [6, 6.07) is 11.0. The maximum atomic E-state index is 13.1. The minimum atomic E-state index is -0.833. The molecule has 0 radical (unpaired) electrons. The number of rotatable bonds is 5. The lowest BCUT2D eigenvalue weighted by Crippen LogP contribution is -2.37.